The molecule has 0 aliphatic carbocycles. The van der Waals surface area contributed by atoms with Gasteiger partial charge in [0.1, 0.15) is 23.8 Å². The van der Waals surface area contributed by atoms with Gasteiger partial charge < -0.3 is 23.9 Å². The number of methoxy groups -OCH3 is 1. The molecule has 2 N–H and O–H groups in total. The van der Waals surface area contributed by atoms with E-state index in [-0.39, 0.29) is 34.6 Å². The van der Waals surface area contributed by atoms with Crippen LogP contribution in [0.3, 0.4) is 0 Å². The molecule has 2 atom stereocenters. The summed E-state index contributed by atoms with van der Waals surface area (Å²) in [6.45, 7) is 4.03. The summed E-state index contributed by atoms with van der Waals surface area (Å²) in [5.74, 6) is -1.71. The van der Waals surface area contributed by atoms with Crippen LogP contribution in [0, 0.1) is 5.92 Å². The first-order valence-corrected chi connectivity index (χ1v) is 10.7. The van der Waals surface area contributed by atoms with Gasteiger partial charge in [0, 0.05) is 5.92 Å². The Labute approximate surface area is 188 Å². The lowest BCUT2D eigenvalue weighted by molar-refractivity contribution is -0.922. The SMILES string of the molecule is COc1ccc(Oc2c(C(F)(F)F)oc3c(C[NH+]4CCCC(C)C4)c(O)ccc3c2=O)cc1. The van der Waals surface area contributed by atoms with Crippen molar-refractivity contribution in [1.29, 1.82) is 0 Å². The van der Waals surface area contributed by atoms with Crippen molar-refractivity contribution in [2.24, 2.45) is 5.92 Å². The summed E-state index contributed by atoms with van der Waals surface area (Å²) in [5.41, 5.74) is -1.03. The molecule has 33 heavy (non-hydrogen) atoms. The number of aromatic hydroxyl groups is 1. The quantitative estimate of drug-likeness (QED) is 0.594. The van der Waals surface area contributed by atoms with Crippen molar-refractivity contribution in [3.8, 4) is 23.0 Å². The van der Waals surface area contributed by atoms with Crippen molar-refractivity contribution < 1.29 is 37.1 Å². The Hall–Kier alpha value is -3.20. The fourth-order valence-electron chi connectivity index (χ4n) is 4.31. The zero-order chi connectivity index (χ0) is 23.8. The molecule has 2 unspecified atom stereocenters. The summed E-state index contributed by atoms with van der Waals surface area (Å²) < 4.78 is 57.4. The maximum atomic E-state index is 13.9. The van der Waals surface area contributed by atoms with Crippen LogP contribution >= 0.6 is 0 Å². The molecule has 1 saturated heterocycles. The highest BCUT2D eigenvalue weighted by Crippen LogP contribution is 2.40. The summed E-state index contributed by atoms with van der Waals surface area (Å²) in [6.07, 6.45) is -2.91. The average molecular weight is 464 g/mol. The Kier molecular flexibility index (Phi) is 6.25. The molecule has 1 aliphatic rings. The first-order chi connectivity index (χ1) is 15.7. The summed E-state index contributed by atoms with van der Waals surface area (Å²) in [4.78, 5) is 14.3. The molecule has 1 fully saturated rings. The van der Waals surface area contributed by atoms with E-state index < -0.39 is 23.1 Å². The molecule has 1 aliphatic heterocycles. The van der Waals surface area contributed by atoms with Crippen LogP contribution in [0.25, 0.3) is 11.0 Å². The fourth-order valence-corrected chi connectivity index (χ4v) is 4.31. The third-order valence-electron chi connectivity index (χ3n) is 5.92. The molecule has 0 saturated carbocycles. The van der Waals surface area contributed by atoms with Gasteiger partial charge in [-0.05, 0) is 49.2 Å². The first-order valence-electron chi connectivity index (χ1n) is 10.7. The zero-order valence-corrected chi connectivity index (χ0v) is 18.3. The van der Waals surface area contributed by atoms with Crippen LogP contribution < -0.4 is 19.8 Å². The standard InChI is InChI=1S/C24H24F3NO5/c1-14-4-3-11-28(12-14)13-18-19(29)10-9-17-20(30)22(23(24(25,26)27)33-21(17)18)32-16-7-5-15(31-2)6-8-16/h5-10,14,29H,3-4,11-13H2,1-2H3/p+1. The highest BCUT2D eigenvalue weighted by Gasteiger charge is 2.41. The van der Waals surface area contributed by atoms with Crippen LogP contribution in [0.4, 0.5) is 13.2 Å². The molecule has 176 valence electrons. The molecule has 1 aromatic heterocycles. The molecule has 0 bridgehead atoms. The smallest absolute Gasteiger partial charge is 0.453 e. The fraction of sp³-hybridized carbons (Fsp3) is 0.375. The maximum Gasteiger partial charge on any atom is 0.453 e. The first kappa shape index (κ1) is 23.0. The monoisotopic (exact) mass is 464 g/mol. The second-order valence-corrected chi connectivity index (χ2v) is 8.43. The number of hydrogen-bond donors (Lipinski definition) is 2. The molecule has 4 rings (SSSR count). The third-order valence-corrected chi connectivity index (χ3v) is 5.92. The van der Waals surface area contributed by atoms with Crippen LogP contribution in [-0.4, -0.2) is 25.3 Å². The van der Waals surface area contributed by atoms with Gasteiger partial charge in [-0.15, -0.1) is 0 Å². The number of rotatable bonds is 5. The van der Waals surface area contributed by atoms with Crippen LogP contribution in [0.15, 0.2) is 45.6 Å². The van der Waals surface area contributed by atoms with Crippen molar-refractivity contribution in [2.75, 3.05) is 20.2 Å². The normalized spacial score (nSPS) is 18.9. The van der Waals surface area contributed by atoms with Crippen LogP contribution in [0.5, 0.6) is 23.0 Å². The number of benzene rings is 2. The van der Waals surface area contributed by atoms with Crippen molar-refractivity contribution in [1.82, 2.24) is 0 Å². The Morgan fingerprint density at radius 2 is 1.85 bits per heavy atom. The second kappa shape index (κ2) is 8.97. The number of phenols is 1. The van der Waals surface area contributed by atoms with Gasteiger partial charge in [0.15, 0.2) is 5.58 Å². The van der Waals surface area contributed by atoms with Gasteiger partial charge in [-0.2, -0.15) is 13.2 Å². The zero-order valence-electron chi connectivity index (χ0n) is 18.3. The number of ether oxygens (including phenoxy) is 2. The second-order valence-electron chi connectivity index (χ2n) is 8.43. The summed E-state index contributed by atoms with van der Waals surface area (Å²) in [5, 5.41) is 10.4. The average Bonchev–Trinajstić information content (AvgIpc) is 2.77. The molecule has 3 aromatic rings. The van der Waals surface area contributed by atoms with E-state index in [0.29, 0.717) is 11.7 Å². The van der Waals surface area contributed by atoms with E-state index in [1.165, 1.54) is 43.5 Å². The molecule has 9 heteroatoms. The van der Waals surface area contributed by atoms with Gasteiger partial charge in [0.25, 0.3) is 5.76 Å². The number of likely N-dealkylation sites (tertiary alicyclic amines) is 1. The molecule has 2 heterocycles. The van der Waals surface area contributed by atoms with E-state index >= 15 is 0 Å². The lowest BCUT2D eigenvalue weighted by Gasteiger charge is -2.28. The Balaban J connectivity index is 1.83. The maximum absolute atomic E-state index is 13.9. The Bertz CT molecular complexity index is 1200. The van der Waals surface area contributed by atoms with E-state index in [1.54, 1.807) is 0 Å². The number of fused-ring (bicyclic) bond motifs is 1. The molecular weight excluding hydrogens is 439 g/mol. The highest BCUT2D eigenvalue weighted by atomic mass is 19.4. The summed E-state index contributed by atoms with van der Waals surface area (Å²) in [7, 11) is 1.45. The number of hydrogen-bond acceptors (Lipinski definition) is 5. The minimum absolute atomic E-state index is 0.0266. The van der Waals surface area contributed by atoms with Crippen LogP contribution in [0.1, 0.15) is 31.1 Å². The minimum atomic E-state index is -4.98. The predicted molar refractivity (Wildman–Crippen MR) is 115 cm³/mol. The van der Waals surface area contributed by atoms with Crippen molar-refractivity contribution in [3.05, 3.63) is 57.9 Å². The van der Waals surface area contributed by atoms with E-state index in [9.17, 15) is 23.1 Å². The number of alkyl halides is 3. The highest BCUT2D eigenvalue weighted by molar-refractivity contribution is 5.83. The van der Waals surface area contributed by atoms with Gasteiger partial charge in [-0.25, -0.2) is 0 Å². The Morgan fingerprint density at radius 3 is 2.48 bits per heavy atom. The molecule has 6 nitrogen and oxygen atoms in total. The van der Waals surface area contributed by atoms with Crippen molar-refractivity contribution in [3.63, 3.8) is 0 Å². The number of piperidine rings is 1. The molecular formula is C24H25F3NO5+. The van der Waals surface area contributed by atoms with Gasteiger partial charge in [0.05, 0.1) is 31.1 Å². The summed E-state index contributed by atoms with van der Waals surface area (Å²) >= 11 is 0. The third kappa shape index (κ3) is 4.78. The van der Waals surface area contributed by atoms with Gasteiger partial charge >= 0.3 is 6.18 Å². The topological polar surface area (TPSA) is 73.3 Å². The molecule has 0 radical (unpaired) electrons. The van der Waals surface area contributed by atoms with E-state index in [4.69, 9.17) is 13.9 Å². The summed E-state index contributed by atoms with van der Waals surface area (Å²) in [6, 6.07) is 8.37. The number of nitrogens with one attached hydrogen (secondary N) is 1. The van der Waals surface area contributed by atoms with Crippen molar-refractivity contribution >= 4 is 11.0 Å². The van der Waals surface area contributed by atoms with E-state index in [1.807, 2.05) is 0 Å². The van der Waals surface area contributed by atoms with Crippen LogP contribution in [0.2, 0.25) is 0 Å². The molecule has 0 amide bonds. The largest absolute Gasteiger partial charge is 0.507 e. The minimum Gasteiger partial charge on any atom is -0.507 e. The van der Waals surface area contributed by atoms with Gasteiger partial charge in [0.2, 0.25) is 11.2 Å². The van der Waals surface area contributed by atoms with Crippen LogP contribution in [-0.2, 0) is 12.7 Å². The Morgan fingerprint density at radius 1 is 1.15 bits per heavy atom. The lowest BCUT2D eigenvalue weighted by Crippen LogP contribution is -3.12. The van der Waals surface area contributed by atoms with Crippen molar-refractivity contribution in [2.45, 2.75) is 32.5 Å². The van der Waals surface area contributed by atoms with E-state index in [0.717, 1.165) is 30.8 Å². The number of quaternary nitrogens is 1. The van der Waals surface area contributed by atoms with Gasteiger partial charge in [-0.1, -0.05) is 6.92 Å². The predicted octanol–water partition coefficient (Wildman–Crippen LogP) is 4.13. The van der Waals surface area contributed by atoms with Gasteiger partial charge in [-0.3, -0.25) is 4.79 Å². The lowest BCUT2D eigenvalue weighted by atomic mass is 9.99. The number of halogens is 3. The number of phenolic OH excluding ortho intramolecular Hbond substituents is 1. The molecule has 0 spiro atoms. The van der Waals surface area contributed by atoms with E-state index in [2.05, 4.69) is 6.92 Å². The molecule has 2 aromatic carbocycles.